The van der Waals surface area contributed by atoms with Gasteiger partial charge in [0.1, 0.15) is 5.75 Å². The number of rotatable bonds is 7. The molecular formula is C24H34IN3O2. The molecule has 6 heteroatoms. The number of halogens is 1. The summed E-state index contributed by atoms with van der Waals surface area (Å²) in [5.41, 5.74) is 2.54. The van der Waals surface area contributed by atoms with Gasteiger partial charge in [-0.2, -0.15) is 0 Å². The zero-order valence-corrected chi connectivity index (χ0v) is 20.5. The number of aliphatic imine (C=N–C) groups is 1. The monoisotopic (exact) mass is 523 g/mol. The van der Waals surface area contributed by atoms with E-state index in [1.54, 1.807) is 7.11 Å². The van der Waals surface area contributed by atoms with Crippen LogP contribution in [0.3, 0.4) is 0 Å². The van der Waals surface area contributed by atoms with E-state index in [1.807, 2.05) is 18.2 Å². The Bertz CT molecular complexity index is 775. The van der Waals surface area contributed by atoms with E-state index >= 15 is 0 Å². The number of ether oxygens (including phenoxy) is 2. The van der Waals surface area contributed by atoms with Crippen LogP contribution in [-0.4, -0.2) is 39.4 Å². The predicted octanol–water partition coefficient (Wildman–Crippen LogP) is 4.68. The predicted molar refractivity (Wildman–Crippen MR) is 134 cm³/mol. The van der Waals surface area contributed by atoms with Crippen molar-refractivity contribution in [3.8, 4) is 5.75 Å². The minimum absolute atomic E-state index is 0. The van der Waals surface area contributed by atoms with Gasteiger partial charge in [-0.25, -0.2) is 0 Å². The van der Waals surface area contributed by atoms with Gasteiger partial charge in [-0.05, 0) is 49.9 Å². The van der Waals surface area contributed by atoms with Crippen LogP contribution in [0.4, 0.5) is 0 Å². The fourth-order valence-electron chi connectivity index (χ4n) is 3.83. The Morgan fingerprint density at radius 1 is 1.10 bits per heavy atom. The topological polar surface area (TPSA) is 54.9 Å². The maximum absolute atomic E-state index is 5.66. The molecule has 1 heterocycles. The zero-order valence-electron chi connectivity index (χ0n) is 18.2. The van der Waals surface area contributed by atoms with Crippen LogP contribution in [0.25, 0.3) is 0 Å². The van der Waals surface area contributed by atoms with E-state index in [-0.39, 0.29) is 35.4 Å². The van der Waals surface area contributed by atoms with Crippen molar-refractivity contribution in [2.75, 3.05) is 33.4 Å². The molecule has 0 radical (unpaired) electrons. The Hall–Kier alpha value is -1.80. The van der Waals surface area contributed by atoms with Crippen molar-refractivity contribution in [1.29, 1.82) is 0 Å². The Balaban J connectivity index is 0.00000320. The van der Waals surface area contributed by atoms with Crippen LogP contribution in [0.1, 0.15) is 43.9 Å². The lowest BCUT2D eigenvalue weighted by Gasteiger charge is -2.37. The molecule has 0 amide bonds. The third kappa shape index (κ3) is 6.35. The van der Waals surface area contributed by atoms with E-state index in [9.17, 15) is 0 Å². The van der Waals surface area contributed by atoms with Crippen molar-refractivity contribution in [3.63, 3.8) is 0 Å². The maximum Gasteiger partial charge on any atom is 0.191 e. The summed E-state index contributed by atoms with van der Waals surface area (Å²) in [6.07, 6.45) is 1.94. The molecule has 1 unspecified atom stereocenters. The molecule has 1 aliphatic rings. The van der Waals surface area contributed by atoms with Crippen LogP contribution < -0.4 is 15.4 Å². The third-order valence-corrected chi connectivity index (χ3v) is 5.69. The van der Waals surface area contributed by atoms with Crippen molar-refractivity contribution in [2.24, 2.45) is 4.99 Å². The number of hydrogen-bond donors (Lipinski definition) is 2. The third-order valence-electron chi connectivity index (χ3n) is 5.69. The molecule has 0 bridgehead atoms. The molecule has 2 N–H and O–H groups in total. The van der Waals surface area contributed by atoms with Crippen LogP contribution in [0.2, 0.25) is 0 Å². The molecular weight excluding hydrogens is 489 g/mol. The molecule has 1 fully saturated rings. The van der Waals surface area contributed by atoms with Crippen LogP contribution in [0, 0.1) is 0 Å². The Morgan fingerprint density at radius 3 is 2.37 bits per heavy atom. The average molecular weight is 523 g/mol. The average Bonchev–Trinajstić information content (AvgIpc) is 2.79. The smallest absolute Gasteiger partial charge is 0.191 e. The fourth-order valence-corrected chi connectivity index (χ4v) is 3.83. The van der Waals surface area contributed by atoms with Gasteiger partial charge in [0, 0.05) is 25.2 Å². The Labute approximate surface area is 197 Å². The lowest BCUT2D eigenvalue weighted by atomic mass is 9.74. The molecule has 3 rings (SSSR count). The Kier molecular flexibility index (Phi) is 9.91. The number of hydrogen-bond acceptors (Lipinski definition) is 3. The first kappa shape index (κ1) is 24.5. The standard InChI is InChI=1S/C24H33N3O2.HI/c1-4-25-23(27-19(2)20-8-6-5-7-9-20)26-18-24(14-16-29-17-15-24)21-10-12-22(28-3)13-11-21;/h5-13,19H,4,14-18H2,1-3H3,(H2,25,26,27);1H. The highest BCUT2D eigenvalue weighted by Crippen LogP contribution is 2.36. The second-order valence-electron chi connectivity index (χ2n) is 7.59. The van der Waals surface area contributed by atoms with Gasteiger partial charge in [-0.1, -0.05) is 42.5 Å². The highest BCUT2D eigenvalue weighted by atomic mass is 127. The number of guanidine groups is 1. The molecule has 0 saturated carbocycles. The van der Waals surface area contributed by atoms with Gasteiger partial charge in [0.05, 0.1) is 19.7 Å². The largest absolute Gasteiger partial charge is 0.497 e. The van der Waals surface area contributed by atoms with E-state index in [4.69, 9.17) is 14.5 Å². The second kappa shape index (κ2) is 12.2. The van der Waals surface area contributed by atoms with E-state index in [0.717, 1.165) is 50.9 Å². The summed E-state index contributed by atoms with van der Waals surface area (Å²) in [7, 11) is 1.70. The van der Waals surface area contributed by atoms with Crippen LogP contribution >= 0.6 is 24.0 Å². The van der Waals surface area contributed by atoms with Crippen molar-refractivity contribution in [3.05, 3.63) is 65.7 Å². The molecule has 0 aromatic heterocycles. The summed E-state index contributed by atoms with van der Waals surface area (Å²) < 4.78 is 11.0. The summed E-state index contributed by atoms with van der Waals surface area (Å²) >= 11 is 0. The van der Waals surface area contributed by atoms with E-state index in [2.05, 4.69) is 60.9 Å². The van der Waals surface area contributed by atoms with E-state index in [0.29, 0.717) is 0 Å². The summed E-state index contributed by atoms with van der Waals surface area (Å²) in [5, 5.41) is 6.95. The summed E-state index contributed by atoms with van der Waals surface area (Å²) in [6.45, 7) is 7.34. The quantitative estimate of drug-likeness (QED) is 0.315. The number of nitrogens with one attached hydrogen (secondary N) is 2. The van der Waals surface area contributed by atoms with Gasteiger partial charge >= 0.3 is 0 Å². The van der Waals surface area contributed by atoms with E-state index < -0.39 is 0 Å². The lowest BCUT2D eigenvalue weighted by molar-refractivity contribution is 0.0531. The minimum Gasteiger partial charge on any atom is -0.497 e. The minimum atomic E-state index is -0.0111. The highest BCUT2D eigenvalue weighted by Gasteiger charge is 2.34. The number of methoxy groups -OCH3 is 1. The van der Waals surface area contributed by atoms with Crippen molar-refractivity contribution >= 4 is 29.9 Å². The molecule has 30 heavy (non-hydrogen) atoms. The zero-order chi connectivity index (χ0) is 20.5. The summed E-state index contributed by atoms with van der Waals surface area (Å²) in [5.74, 6) is 1.73. The fraction of sp³-hybridized carbons (Fsp3) is 0.458. The molecule has 164 valence electrons. The van der Waals surface area contributed by atoms with Gasteiger partial charge in [-0.15, -0.1) is 24.0 Å². The van der Waals surface area contributed by atoms with Crippen molar-refractivity contribution < 1.29 is 9.47 Å². The second-order valence-corrected chi connectivity index (χ2v) is 7.59. The van der Waals surface area contributed by atoms with E-state index in [1.165, 1.54) is 11.1 Å². The molecule has 2 aromatic rings. The van der Waals surface area contributed by atoms with Gasteiger partial charge in [0.15, 0.2) is 5.96 Å². The summed E-state index contributed by atoms with van der Waals surface area (Å²) in [6, 6.07) is 19.1. The first-order valence-corrected chi connectivity index (χ1v) is 10.5. The molecule has 0 aliphatic carbocycles. The molecule has 1 atom stereocenters. The molecule has 1 saturated heterocycles. The number of nitrogens with zero attached hydrogens (tertiary/aromatic N) is 1. The molecule has 1 aliphatic heterocycles. The SMILES string of the molecule is CCNC(=NCC1(c2ccc(OC)cc2)CCOCC1)NC(C)c1ccccc1.I. The Morgan fingerprint density at radius 2 is 1.77 bits per heavy atom. The van der Waals surface area contributed by atoms with Crippen LogP contribution in [0.15, 0.2) is 59.6 Å². The van der Waals surface area contributed by atoms with Gasteiger partial charge < -0.3 is 20.1 Å². The molecule has 0 spiro atoms. The number of benzene rings is 2. The van der Waals surface area contributed by atoms with Crippen molar-refractivity contribution in [1.82, 2.24) is 10.6 Å². The highest BCUT2D eigenvalue weighted by molar-refractivity contribution is 14.0. The van der Waals surface area contributed by atoms with Crippen molar-refractivity contribution in [2.45, 2.75) is 38.1 Å². The first-order chi connectivity index (χ1) is 14.2. The van der Waals surface area contributed by atoms with Crippen LogP contribution in [0.5, 0.6) is 5.75 Å². The van der Waals surface area contributed by atoms with Gasteiger partial charge in [-0.3, -0.25) is 4.99 Å². The molecule has 2 aromatic carbocycles. The lowest BCUT2D eigenvalue weighted by Crippen LogP contribution is -2.42. The van der Waals surface area contributed by atoms with Crippen LogP contribution in [-0.2, 0) is 10.2 Å². The van der Waals surface area contributed by atoms with Gasteiger partial charge in [0.2, 0.25) is 0 Å². The molecule has 5 nitrogen and oxygen atoms in total. The maximum atomic E-state index is 5.66. The van der Waals surface area contributed by atoms with Gasteiger partial charge in [0.25, 0.3) is 0 Å². The first-order valence-electron chi connectivity index (χ1n) is 10.5. The normalized spacial score (nSPS) is 16.8. The summed E-state index contributed by atoms with van der Waals surface area (Å²) in [4.78, 5) is 5.00.